The zero-order valence-corrected chi connectivity index (χ0v) is 13.0. The van der Waals surface area contributed by atoms with E-state index in [4.69, 9.17) is 4.74 Å². The lowest BCUT2D eigenvalue weighted by molar-refractivity contribution is 0.0586. The van der Waals surface area contributed by atoms with Gasteiger partial charge in [0.05, 0.1) is 0 Å². The Balaban J connectivity index is 1.70. The molecule has 112 valence electrons. The lowest BCUT2D eigenvalue weighted by Crippen LogP contribution is -2.57. The molecular formula is C15H31N3O. The summed E-state index contributed by atoms with van der Waals surface area (Å²) >= 11 is 0. The minimum absolute atomic E-state index is 0.318. The summed E-state index contributed by atoms with van der Waals surface area (Å²) in [6, 6.07) is 0.789. The molecule has 0 radical (unpaired) electrons. The van der Waals surface area contributed by atoms with Crippen LogP contribution in [0, 0.1) is 0 Å². The first-order valence-corrected chi connectivity index (χ1v) is 7.81. The molecule has 1 N–H and O–H groups in total. The number of nitrogens with zero attached hydrogens (tertiary/aromatic N) is 2. The third kappa shape index (κ3) is 4.71. The fourth-order valence-corrected chi connectivity index (χ4v) is 3.44. The molecule has 2 fully saturated rings. The smallest absolute Gasteiger partial charge is 0.0474 e. The summed E-state index contributed by atoms with van der Waals surface area (Å²) in [6.45, 7) is 12.9. The molecule has 2 aliphatic heterocycles. The predicted molar refractivity (Wildman–Crippen MR) is 79.6 cm³/mol. The third-order valence-electron chi connectivity index (χ3n) is 4.57. The molecule has 2 rings (SSSR count). The quantitative estimate of drug-likeness (QED) is 0.758. The fourth-order valence-electron chi connectivity index (χ4n) is 3.44. The average molecular weight is 269 g/mol. The molecule has 0 aliphatic carbocycles. The standard InChI is InChI=1S/C15H31N3O/c1-15(2)13-14(5-6-16-15)18-10-8-17(9-11-18)7-4-12-19-3/h14,16H,4-13H2,1-3H3. The van der Waals surface area contributed by atoms with E-state index < -0.39 is 0 Å². The molecule has 4 heteroatoms. The maximum absolute atomic E-state index is 5.13. The number of rotatable bonds is 5. The predicted octanol–water partition coefficient (Wildman–Crippen LogP) is 1.17. The number of hydrogen-bond donors (Lipinski definition) is 1. The number of piperidine rings is 1. The highest BCUT2D eigenvalue weighted by Gasteiger charge is 2.32. The Morgan fingerprint density at radius 2 is 1.95 bits per heavy atom. The zero-order chi connectivity index (χ0) is 13.7. The molecule has 0 bridgehead atoms. The van der Waals surface area contributed by atoms with Crippen molar-refractivity contribution in [3.05, 3.63) is 0 Å². The van der Waals surface area contributed by atoms with Gasteiger partial charge < -0.3 is 15.0 Å². The van der Waals surface area contributed by atoms with Gasteiger partial charge in [-0.25, -0.2) is 0 Å². The molecule has 1 atom stereocenters. The molecule has 1 unspecified atom stereocenters. The van der Waals surface area contributed by atoms with Crippen LogP contribution in [0.15, 0.2) is 0 Å². The van der Waals surface area contributed by atoms with Gasteiger partial charge in [-0.15, -0.1) is 0 Å². The van der Waals surface area contributed by atoms with Crippen molar-refractivity contribution in [3.63, 3.8) is 0 Å². The Kier molecular flexibility index (Phi) is 5.63. The van der Waals surface area contributed by atoms with Crippen molar-refractivity contribution in [2.24, 2.45) is 0 Å². The van der Waals surface area contributed by atoms with Crippen LogP contribution in [-0.4, -0.2) is 74.4 Å². The topological polar surface area (TPSA) is 27.7 Å². The van der Waals surface area contributed by atoms with Gasteiger partial charge in [-0.2, -0.15) is 0 Å². The summed E-state index contributed by atoms with van der Waals surface area (Å²) in [5.41, 5.74) is 0.318. The molecule has 19 heavy (non-hydrogen) atoms. The first kappa shape index (κ1) is 15.2. The summed E-state index contributed by atoms with van der Waals surface area (Å²) in [5.74, 6) is 0. The van der Waals surface area contributed by atoms with Gasteiger partial charge in [0, 0.05) is 58.0 Å². The first-order chi connectivity index (χ1) is 9.11. The number of piperazine rings is 1. The number of ether oxygens (including phenoxy) is 1. The second-order valence-corrected chi connectivity index (χ2v) is 6.68. The molecule has 0 saturated carbocycles. The van der Waals surface area contributed by atoms with E-state index in [0.717, 1.165) is 19.1 Å². The lowest BCUT2D eigenvalue weighted by Gasteiger charge is -2.45. The molecule has 2 aliphatic rings. The molecule has 0 aromatic rings. The van der Waals surface area contributed by atoms with Crippen molar-refractivity contribution in [1.29, 1.82) is 0 Å². The van der Waals surface area contributed by atoms with Crippen molar-refractivity contribution in [3.8, 4) is 0 Å². The van der Waals surface area contributed by atoms with E-state index in [1.165, 1.54) is 52.1 Å². The van der Waals surface area contributed by atoms with Crippen LogP contribution < -0.4 is 5.32 Å². The molecule has 2 heterocycles. The molecule has 0 aromatic carbocycles. The average Bonchev–Trinajstić information content (AvgIpc) is 2.39. The van der Waals surface area contributed by atoms with Crippen molar-refractivity contribution in [2.75, 3.05) is 53.0 Å². The summed E-state index contributed by atoms with van der Waals surface area (Å²) in [4.78, 5) is 5.30. The largest absolute Gasteiger partial charge is 0.385 e. The van der Waals surface area contributed by atoms with Crippen LogP contribution in [0.2, 0.25) is 0 Å². The van der Waals surface area contributed by atoms with Crippen LogP contribution in [0.4, 0.5) is 0 Å². The number of nitrogens with one attached hydrogen (secondary N) is 1. The molecule has 0 amide bonds. The molecule has 0 spiro atoms. The number of hydrogen-bond acceptors (Lipinski definition) is 4. The van der Waals surface area contributed by atoms with Gasteiger partial charge in [-0.3, -0.25) is 4.90 Å². The van der Waals surface area contributed by atoms with Gasteiger partial charge in [-0.05, 0) is 39.7 Å². The summed E-state index contributed by atoms with van der Waals surface area (Å²) in [5, 5.41) is 3.62. The van der Waals surface area contributed by atoms with Gasteiger partial charge in [0.2, 0.25) is 0 Å². The maximum Gasteiger partial charge on any atom is 0.0474 e. The van der Waals surface area contributed by atoms with Gasteiger partial charge >= 0.3 is 0 Å². The third-order valence-corrected chi connectivity index (χ3v) is 4.57. The van der Waals surface area contributed by atoms with Crippen molar-refractivity contribution in [2.45, 2.75) is 44.7 Å². The van der Waals surface area contributed by atoms with E-state index in [1.54, 1.807) is 7.11 Å². The van der Waals surface area contributed by atoms with E-state index in [0.29, 0.717) is 5.54 Å². The van der Waals surface area contributed by atoms with Gasteiger partial charge in [-0.1, -0.05) is 0 Å². The maximum atomic E-state index is 5.13. The molecule has 4 nitrogen and oxygen atoms in total. The van der Waals surface area contributed by atoms with Gasteiger partial charge in [0.1, 0.15) is 0 Å². The Hall–Kier alpha value is -0.160. The van der Waals surface area contributed by atoms with Gasteiger partial charge in [0.15, 0.2) is 0 Å². The van der Waals surface area contributed by atoms with Crippen LogP contribution in [0.1, 0.15) is 33.1 Å². The van der Waals surface area contributed by atoms with E-state index in [9.17, 15) is 0 Å². The second kappa shape index (κ2) is 7.02. The van der Waals surface area contributed by atoms with Crippen molar-refractivity contribution < 1.29 is 4.74 Å². The highest BCUT2D eigenvalue weighted by atomic mass is 16.5. The van der Waals surface area contributed by atoms with Crippen LogP contribution in [-0.2, 0) is 4.74 Å². The minimum Gasteiger partial charge on any atom is -0.385 e. The van der Waals surface area contributed by atoms with Crippen molar-refractivity contribution >= 4 is 0 Å². The summed E-state index contributed by atoms with van der Waals surface area (Å²) in [6.07, 6.45) is 3.76. The number of methoxy groups -OCH3 is 1. The van der Waals surface area contributed by atoms with Crippen LogP contribution in [0.5, 0.6) is 0 Å². The Labute approximate surface area is 118 Å². The Bertz CT molecular complexity index is 262. The lowest BCUT2D eigenvalue weighted by atomic mass is 9.88. The first-order valence-electron chi connectivity index (χ1n) is 7.81. The molecule has 2 saturated heterocycles. The zero-order valence-electron chi connectivity index (χ0n) is 13.0. The van der Waals surface area contributed by atoms with E-state index in [1.807, 2.05) is 0 Å². The molecular weight excluding hydrogens is 238 g/mol. The van der Waals surface area contributed by atoms with E-state index in [-0.39, 0.29) is 0 Å². The summed E-state index contributed by atoms with van der Waals surface area (Å²) < 4.78 is 5.13. The summed E-state index contributed by atoms with van der Waals surface area (Å²) in [7, 11) is 1.79. The Morgan fingerprint density at radius 1 is 1.21 bits per heavy atom. The monoisotopic (exact) mass is 269 g/mol. The van der Waals surface area contributed by atoms with Crippen molar-refractivity contribution in [1.82, 2.24) is 15.1 Å². The van der Waals surface area contributed by atoms with E-state index >= 15 is 0 Å². The highest BCUT2D eigenvalue weighted by Crippen LogP contribution is 2.23. The van der Waals surface area contributed by atoms with Gasteiger partial charge in [0.25, 0.3) is 0 Å². The minimum atomic E-state index is 0.318. The fraction of sp³-hybridized carbons (Fsp3) is 1.00. The van der Waals surface area contributed by atoms with E-state index in [2.05, 4.69) is 29.0 Å². The van der Waals surface area contributed by atoms with Crippen LogP contribution >= 0.6 is 0 Å². The second-order valence-electron chi connectivity index (χ2n) is 6.68. The Morgan fingerprint density at radius 3 is 2.58 bits per heavy atom. The van der Waals surface area contributed by atoms with Crippen LogP contribution in [0.3, 0.4) is 0 Å². The molecule has 0 aromatic heterocycles. The highest BCUT2D eigenvalue weighted by molar-refractivity contribution is 4.91. The van der Waals surface area contributed by atoms with Crippen LogP contribution in [0.25, 0.3) is 0 Å². The SMILES string of the molecule is COCCCN1CCN(C2CCNC(C)(C)C2)CC1. The normalized spacial score (nSPS) is 29.5.